The lowest BCUT2D eigenvalue weighted by molar-refractivity contribution is 0.317. The van der Waals surface area contributed by atoms with Gasteiger partial charge in [-0.05, 0) is 25.0 Å². The van der Waals surface area contributed by atoms with E-state index < -0.39 is 0 Å². The molecule has 18 heavy (non-hydrogen) atoms. The van der Waals surface area contributed by atoms with Gasteiger partial charge in [0, 0.05) is 11.8 Å². The number of nitrogens with zero attached hydrogens (tertiary/aromatic N) is 2. The highest BCUT2D eigenvalue weighted by Crippen LogP contribution is 2.22. The van der Waals surface area contributed by atoms with E-state index in [1.807, 2.05) is 38.1 Å². The average Bonchev–Trinajstić information content (AvgIpc) is 2.81. The van der Waals surface area contributed by atoms with E-state index in [0.717, 1.165) is 28.3 Å². The molecule has 0 aliphatic rings. The number of para-hydroxylation sites is 1. The summed E-state index contributed by atoms with van der Waals surface area (Å²) in [6, 6.07) is 8.14. The highest BCUT2D eigenvalue weighted by Gasteiger charge is 2.05. The van der Waals surface area contributed by atoms with Crippen LogP contribution in [0.3, 0.4) is 0 Å². The second-order valence-corrected chi connectivity index (χ2v) is 5.00. The third-order valence-corrected chi connectivity index (χ3v) is 3.55. The topological polar surface area (TPSA) is 45.9 Å². The zero-order chi connectivity index (χ0) is 13.0. The third-order valence-electron chi connectivity index (χ3n) is 2.64. The molecule has 0 amide bonds. The molecule has 0 saturated heterocycles. The van der Waals surface area contributed by atoms with Crippen molar-refractivity contribution >= 4 is 11.3 Å². The first-order valence-electron chi connectivity index (χ1n) is 5.74. The molecular formula is C14H14N2OS. The summed E-state index contributed by atoms with van der Waals surface area (Å²) < 4.78 is 5.80. The standard InChI is InChI=1S/C14H14N2OS/c1-10-4-3-5-11(2)14(10)17-7-6-13-16-12(8-15)9-18-13/h3-5,9H,6-7H2,1-2H3. The first-order chi connectivity index (χ1) is 8.70. The Labute approximate surface area is 111 Å². The fourth-order valence-electron chi connectivity index (χ4n) is 1.74. The Morgan fingerprint density at radius 2 is 2.06 bits per heavy atom. The Morgan fingerprint density at radius 3 is 2.67 bits per heavy atom. The normalized spacial score (nSPS) is 10.1. The molecule has 0 fully saturated rings. The van der Waals surface area contributed by atoms with Gasteiger partial charge in [-0.15, -0.1) is 11.3 Å². The minimum atomic E-state index is 0.488. The summed E-state index contributed by atoms with van der Waals surface area (Å²) in [5.74, 6) is 0.953. The predicted molar refractivity (Wildman–Crippen MR) is 71.9 cm³/mol. The zero-order valence-electron chi connectivity index (χ0n) is 10.4. The Bertz CT molecular complexity index is 563. The summed E-state index contributed by atoms with van der Waals surface area (Å²) >= 11 is 1.50. The van der Waals surface area contributed by atoms with E-state index in [4.69, 9.17) is 10.00 Å². The molecule has 0 bridgehead atoms. The van der Waals surface area contributed by atoms with E-state index in [1.165, 1.54) is 11.3 Å². The molecule has 0 atom stereocenters. The summed E-state index contributed by atoms with van der Waals surface area (Å²) in [6.07, 6.45) is 0.736. The minimum Gasteiger partial charge on any atom is -0.493 e. The van der Waals surface area contributed by atoms with Crippen LogP contribution in [0.25, 0.3) is 0 Å². The number of hydrogen-bond donors (Lipinski definition) is 0. The number of thiazole rings is 1. The van der Waals surface area contributed by atoms with E-state index in [9.17, 15) is 0 Å². The first kappa shape index (κ1) is 12.6. The second-order valence-electron chi connectivity index (χ2n) is 4.06. The van der Waals surface area contributed by atoms with Gasteiger partial charge in [-0.3, -0.25) is 0 Å². The van der Waals surface area contributed by atoms with Crippen molar-refractivity contribution in [2.75, 3.05) is 6.61 Å². The van der Waals surface area contributed by atoms with Crippen molar-refractivity contribution in [3.05, 3.63) is 45.4 Å². The van der Waals surface area contributed by atoms with Crippen LogP contribution in [0.5, 0.6) is 5.75 Å². The number of aryl methyl sites for hydroxylation is 2. The molecule has 92 valence electrons. The number of aromatic nitrogens is 1. The SMILES string of the molecule is Cc1cccc(C)c1OCCc1nc(C#N)cs1. The van der Waals surface area contributed by atoms with Crippen LogP contribution in [0.2, 0.25) is 0 Å². The van der Waals surface area contributed by atoms with E-state index in [1.54, 1.807) is 5.38 Å². The molecule has 0 unspecified atom stereocenters. The molecule has 0 aliphatic heterocycles. The number of hydrogen-bond acceptors (Lipinski definition) is 4. The Hall–Kier alpha value is -1.86. The molecule has 1 aromatic heterocycles. The van der Waals surface area contributed by atoms with Gasteiger partial charge in [0.05, 0.1) is 11.6 Å². The fourth-order valence-corrected chi connectivity index (χ4v) is 2.45. The van der Waals surface area contributed by atoms with Gasteiger partial charge in [-0.2, -0.15) is 5.26 Å². The van der Waals surface area contributed by atoms with Crippen molar-refractivity contribution in [3.8, 4) is 11.8 Å². The van der Waals surface area contributed by atoms with E-state index >= 15 is 0 Å². The van der Waals surface area contributed by atoms with Crippen LogP contribution in [-0.4, -0.2) is 11.6 Å². The van der Waals surface area contributed by atoms with Crippen LogP contribution < -0.4 is 4.74 Å². The smallest absolute Gasteiger partial charge is 0.151 e. The molecule has 2 rings (SSSR count). The van der Waals surface area contributed by atoms with Gasteiger partial charge in [0.1, 0.15) is 11.8 Å². The molecule has 2 aromatic rings. The number of benzene rings is 1. The first-order valence-corrected chi connectivity index (χ1v) is 6.62. The molecule has 0 N–H and O–H groups in total. The number of nitriles is 1. The monoisotopic (exact) mass is 258 g/mol. The lowest BCUT2D eigenvalue weighted by Crippen LogP contribution is -2.03. The van der Waals surface area contributed by atoms with Gasteiger partial charge in [-0.25, -0.2) is 4.98 Å². The van der Waals surface area contributed by atoms with Crippen LogP contribution in [0.1, 0.15) is 21.8 Å². The lowest BCUT2D eigenvalue weighted by Gasteiger charge is -2.10. The maximum absolute atomic E-state index is 8.69. The van der Waals surface area contributed by atoms with E-state index in [-0.39, 0.29) is 0 Å². The number of ether oxygens (including phenoxy) is 1. The van der Waals surface area contributed by atoms with E-state index in [2.05, 4.69) is 4.98 Å². The maximum atomic E-state index is 8.69. The van der Waals surface area contributed by atoms with Gasteiger partial charge in [-0.1, -0.05) is 18.2 Å². The summed E-state index contributed by atoms with van der Waals surface area (Å²) in [7, 11) is 0. The van der Waals surface area contributed by atoms with Gasteiger partial charge >= 0.3 is 0 Å². The second kappa shape index (κ2) is 5.65. The van der Waals surface area contributed by atoms with Gasteiger partial charge < -0.3 is 4.74 Å². The van der Waals surface area contributed by atoms with Crippen LogP contribution >= 0.6 is 11.3 Å². The number of rotatable bonds is 4. The van der Waals surface area contributed by atoms with Gasteiger partial charge in [0.2, 0.25) is 0 Å². The Kier molecular flexibility index (Phi) is 3.96. The Morgan fingerprint density at radius 1 is 1.33 bits per heavy atom. The molecule has 0 radical (unpaired) electrons. The van der Waals surface area contributed by atoms with Gasteiger partial charge in [0.15, 0.2) is 5.69 Å². The van der Waals surface area contributed by atoms with Crippen LogP contribution in [0.15, 0.2) is 23.6 Å². The van der Waals surface area contributed by atoms with Crippen LogP contribution in [-0.2, 0) is 6.42 Å². The Balaban J connectivity index is 1.94. The molecule has 1 heterocycles. The highest BCUT2D eigenvalue weighted by molar-refractivity contribution is 7.09. The summed E-state index contributed by atoms with van der Waals surface area (Å²) in [6.45, 7) is 4.67. The van der Waals surface area contributed by atoms with Crippen molar-refractivity contribution < 1.29 is 4.74 Å². The molecule has 1 aromatic carbocycles. The van der Waals surface area contributed by atoms with Crippen LogP contribution in [0.4, 0.5) is 0 Å². The molecular weight excluding hydrogens is 244 g/mol. The average molecular weight is 258 g/mol. The summed E-state index contributed by atoms with van der Waals surface area (Å²) in [4.78, 5) is 4.18. The van der Waals surface area contributed by atoms with Gasteiger partial charge in [0.25, 0.3) is 0 Å². The quantitative estimate of drug-likeness (QED) is 0.845. The predicted octanol–water partition coefficient (Wildman–Crippen LogP) is 3.25. The molecule has 3 nitrogen and oxygen atoms in total. The fraction of sp³-hybridized carbons (Fsp3) is 0.286. The molecule has 0 spiro atoms. The zero-order valence-corrected chi connectivity index (χ0v) is 11.3. The van der Waals surface area contributed by atoms with Crippen molar-refractivity contribution in [3.63, 3.8) is 0 Å². The van der Waals surface area contributed by atoms with Crippen LogP contribution in [0, 0.1) is 25.2 Å². The molecule has 4 heteroatoms. The van der Waals surface area contributed by atoms with Crippen molar-refractivity contribution in [1.29, 1.82) is 5.26 Å². The largest absolute Gasteiger partial charge is 0.493 e. The highest BCUT2D eigenvalue weighted by atomic mass is 32.1. The summed E-state index contributed by atoms with van der Waals surface area (Å²) in [5, 5.41) is 11.4. The van der Waals surface area contributed by atoms with Crippen molar-refractivity contribution in [1.82, 2.24) is 4.98 Å². The lowest BCUT2D eigenvalue weighted by atomic mass is 10.1. The molecule has 0 saturated carbocycles. The maximum Gasteiger partial charge on any atom is 0.151 e. The minimum absolute atomic E-state index is 0.488. The van der Waals surface area contributed by atoms with Crippen molar-refractivity contribution in [2.45, 2.75) is 20.3 Å². The molecule has 0 aliphatic carbocycles. The summed E-state index contributed by atoms with van der Waals surface area (Å²) in [5.41, 5.74) is 2.78. The van der Waals surface area contributed by atoms with Crippen molar-refractivity contribution in [2.24, 2.45) is 0 Å². The van der Waals surface area contributed by atoms with E-state index in [0.29, 0.717) is 12.3 Å². The third kappa shape index (κ3) is 2.88.